The van der Waals surface area contributed by atoms with E-state index in [1.807, 2.05) is 18.2 Å². The molecule has 1 aromatic carbocycles. The van der Waals surface area contributed by atoms with E-state index >= 15 is 0 Å². The summed E-state index contributed by atoms with van der Waals surface area (Å²) in [4.78, 5) is 2.35. The zero-order chi connectivity index (χ0) is 12.8. The van der Waals surface area contributed by atoms with Crippen LogP contribution in [0.4, 0.5) is 0 Å². The van der Waals surface area contributed by atoms with E-state index in [9.17, 15) is 0 Å². The molecule has 0 aromatic heterocycles. The van der Waals surface area contributed by atoms with Crippen LogP contribution < -0.4 is 5.73 Å². The predicted molar refractivity (Wildman–Crippen MR) is 78.0 cm³/mol. The normalized spacial score (nSPS) is 13.4. The van der Waals surface area contributed by atoms with Gasteiger partial charge in [0, 0.05) is 17.1 Å². The average molecular weight is 299 g/mol. The Labute approximate surface area is 113 Å². The summed E-state index contributed by atoms with van der Waals surface area (Å²) < 4.78 is 1.11. The van der Waals surface area contributed by atoms with Gasteiger partial charge in [0.2, 0.25) is 0 Å². The highest BCUT2D eigenvalue weighted by Gasteiger charge is 2.10. The molecule has 2 nitrogen and oxygen atoms in total. The van der Waals surface area contributed by atoms with Crippen molar-refractivity contribution in [2.24, 2.45) is 11.7 Å². The molecule has 0 aliphatic heterocycles. The van der Waals surface area contributed by atoms with Crippen LogP contribution in [0.2, 0.25) is 0 Å². The molecule has 1 rings (SSSR count). The molecule has 1 aromatic rings. The molecule has 96 valence electrons. The molecule has 0 amide bonds. The summed E-state index contributed by atoms with van der Waals surface area (Å²) in [6, 6.07) is 8.31. The lowest BCUT2D eigenvalue weighted by Gasteiger charge is -2.21. The van der Waals surface area contributed by atoms with Gasteiger partial charge in [-0.2, -0.15) is 0 Å². The predicted octanol–water partition coefficient (Wildman–Crippen LogP) is 3.43. The van der Waals surface area contributed by atoms with Crippen molar-refractivity contribution in [3.8, 4) is 0 Å². The highest BCUT2D eigenvalue weighted by Crippen LogP contribution is 2.23. The van der Waals surface area contributed by atoms with Gasteiger partial charge in [-0.1, -0.05) is 48.0 Å². The van der Waals surface area contributed by atoms with Crippen molar-refractivity contribution in [2.75, 3.05) is 20.1 Å². The standard InChI is InChI=1S/C14H23BrN2/c1-11(2)10-17(3)9-8-14(16)12-6-4-5-7-13(12)15/h4-7,11,14H,8-10,16H2,1-3H3. The molecular weight excluding hydrogens is 276 g/mol. The molecule has 0 fully saturated rings. The van der Waals surface area contributed by atoms with E-state index in [1.165, 1.54) is 5.56 Å². The largest absolute Gasteiger partial charge is 0.324 e. The van der Waals surface area contributed by atoms with Crippen LogP contribution in [0, 0.1) is 5.92 Å². The molecule has 0 heterocycles. The fraction of sp³-hybridized carbons (Fsp3) is 0.571. The zero-order valence-corrected chi connectivity index (χ0v) is 12.6. The summed E-state index contributed by atoms with van der Waals surface area (Å²) in [7, 11) is 2.16. The molecule has 0 saturated heterocycles. The van der Waals surface area contributed by atoms with Crippen LogP contribution in [0.5, 0.6) is 0 Å². The smallest absolute Gasteiger partial charge is 0.0318 e. The number of hydrogen-bond donors (Lipinski definition) is 1. The molecule has 17 heavy (non-hydrogen) atoms. The van der Waals surface area contributed by atoms with Gasteiger partial charge in [0.1, 0.15) is 0 Å². The van der Waals surface area contributed by atoms with Crippen LogP contribution in [0.3, 0.4) is 0 Å². The molecule has 0 bridgehead atoms. The summed E-state index contributed by atoms with van der Waals surface area (Å²) >= 11 is 3.55. The number of nitrogens with two attached hydrogens (primary N) is 1. The first kappa shape index (κ1) is 14.7. The fourth-order valence-electron chi connectivity index (χ4n) is 2.01. The molecule has 0 radical (unpaired) electrons. The topological polar surface area (TPSA) is 29.3 Å². The maximum absolute atomic E-state index is 6.22. The van der Waals surface area contributed by atoms with E-state index in [-0.39, 0.29) is 6.04 Å². The first-order valence-corrected chi connectivity index (χ1v) is 6.98. The molecule has 3 heteroatoms. The van der Waals surface area contributed by atoms with Crippen molar-refractivity contribution in [3.63, 3.8) is 0 Å². The molecule has 0 saturated carbocycles. The second kappa shape index (κ2) is 7.14. The Hall–Kier alpha value is -0.380. The highest BCUT2D eigenvalue weighted by atomic mass is 79.9. The Morgan fingerprint density at radius 2 is 1.94 bits per heavy atom. The van der Waals surface area contributed by atoms with Gasteiger partial charge in [-0.15, -0.1) is 0 Å². The van der Waals surface area contributed by atoms with Crippen LogP contribution in [0.1, 0.15) is 31.9 Å². The van der Waals surface area contributed by atoms with Gasteiger partial charge in [0.05, 0.1) is 0 Å². The summed E-state index contributed by atoms with van der Waals surface area (Å²) in [5.74, 6) is 0.708. The van der Waals surface area contributed by atoms with Gasteiger partial charge in [-0.05, 0) is 37.6 Å². The number of nitrogens with zero attached hydrogens (tertiary/aromatic N) is 1. The Balaban J connectivity index is 2.45. The van der Waals surface area contributed by atoms with Crippen molar-refractivity contribution in [1.82, 2.24) is 4.90 Å². The van der Waals surface area contributed by atoms with E-state index in [0.29, 0.717) is 5.92 Å². The lowest BCUT2D eigenvalue weighted by atomic mass is 10.0. The number of rotatable bonds is 6. The summed E-state index contributed by atoms with van der Waals surface area (Å²) in [6.07, 6.45) is 0.992. The van der Waals surface area contributed by atoms with Gasteiger partial charge < -0.3 is 10.6 Å². The van der Waals surface area contributed by atoms with E-state index in [1.54, 1.807) is 0 Å². The van der Waals surface area contributed by atoms with Gasteiger partial charge in [-0.3, -0.25) is 0 Å². The molecule has 0 aliphatic rings. The van der Waals surface area contributed by atoms with Crippen molar-refractivity contribution in [3.05, 3.63) is 34.3 Å². The Kier molecular flexibility index (Phi) is 6.17. The average Bonchev–Trinajstić information content (AvgIpc) is 2.25. The lowest BCUT2D eigenvalue weighted by Crippen LogP contribution is -2.27. The number of halogens is 1. The van der Waals surface area contributed by atoms with Gasteiger partial charge in [0.15, 0.2) is 0 Å². The third-order valence-corrected chi connectivity index (χ3v) is 3.53. The first-order chi connectivity index (χ1) is 8.00. The van der Waals surface area contributed by atoms with Crippen LogP contribution >= 0.6 is 15.9 Å². The number of benzene rings is 1. The van der Waals surface area contributed by atoms with Crippen molar-refractivity contribution >= 4 is 15.9 Å². The molecule has 1 atom stereocenters. The molecule has 1 unspecified atom stereocenters. The Bertz CT molecular complexity index is 339. The quantitative estimate of drug-likeness (QED) is 0.872. The van der Waals surface area contributed by atoms with Crippen LogP contribution in [0.25, 0.3) is 0 Å². The minimum absolute atomic E-state index is 0.111. The molecule has 0 aliphatic carbocycles. The van der Waals surface area contributed by atoms with Crippen LogP contribution in [0.15, 0.2) is 28.7 Å². The Morgan fingerprint density at radius 1 is 1.29 bits per heavy atom. The van der Waals surface area contributed by atoms with Crippen LogP contribution in [-0.2, 0) is 0 Å². The third kappa shape index (κ3) is 5.19. The van der Waals surface area contributed by atoms with E-state index in [2.05, 4.69) is 47.8 Å². The van der Waals surface area contributed by atoms with E-state index in [4.69, 9.17) is 5.73 Å². The second-order valence-corrected chi connectivity index (χ2v) is 5.93. The summed E-state index contributed by atoms with van der Waals surface area (Å²) in [5.41, 5.74) is 7.42. The third-order valence-electron chi connectivity index (χ3n) is 2.80. The van der Waals surface area contributed by atoms with Crippen LogP contribution in [-0.4, -0.2) is 25.0 Å². The monoisotopic (exact) mass is 298 g/mol. The van der Waals surface area contributed by atoms with E-state index in [0.717, 1.165) is 24.0 Å². The van der Waals surface area contributed by atoms with Crippen molar-refractivity contribution in [2.45, 2.75) is 26.3 Å². The van der Waals surface area contributed by atoms with E-state index < -0.39 is 0 Å². The maximum atomic E-state index is 6.22. The van der Waals surface area contributed by atoms with Crippen molar-refractivity contribution < 1.29 is 0 Å². The lowest BCUT2D eigenvalue weighted by molar-refractivity contribution is 0.284. The minimum Gasteiger partial charge on any atom is -0.324 e. The minimum atomic E-state index is 0.111. The molecular formula is C14H23BrN2. The summed E-state index contributed by atoms with van der Waals surface area (Å²) in [6.45, 7) is 6.65. The highest BCUT2D eigenvalue weighted by molar-refractivity contribution is 9.10. The molecule has 2 N–H and O–H groups in total. The second-order valence-electron chi connectivity index (χ2n) is 5.07. The van der Waals surface area contributed by atoms with Crippen molar-refractivity contribution in [1.29, 1.82) is 0 Å². The first-order valence-electron chi connectivity index (χ1n) is 6.19. The Morgan fingerprint density at radius 3 is 2.53 bits per heavy atom. The fourth-order valence-corrected chi connectivity index (χ4v) is 2.58. The van der Waals surface area contributed by atoms with Gasteiger partial charge in [0.25, 0.3) is 0 Å². The maximum Gasteiger partial charge on any atom is 0.0318 e. The van der Waals surface area contributed by atoms with Gasteiger partial charge >= 0.3 is 0 Å². The zero-order valence-electron chi connectivity index (χ0n) is 11.0. The SMILES string of the molecule is CC(C)CN(C)CCC(N)c1ccccc1Br. The number of hydrogen-bond acceptors (Lipinski definition) is 2. The molecule has 0 spiro atoms. The summed E-state index contributed by atoms with van der Waals surface area (Å²) in [5, 5.41) is 0. The van der Waals surface area contributed by atoms with Gasteiger partial charge in [-0.25, -0.2) is 0 Å².